The van der Waals surface area contributed by atoms with Gasteiger partial charge in [0.2, 0.25) is 0 Å². The molecule has 0 N–H and O–H groups in total. The Bertz CT molecular complexity index is 633. The highest BCUT2D eigenvalue weighted by Gasteiger charge is 2.29. The van der Waals surface area contributed by atoms with Gasteiger partial charge in [-0.05, 0) is 53.2 Å². The van der Waals surface area contributed by atoms with Gasteiger partial charge in [-0.1, -0.05) is 45.0 Å². The van der Waals surface area contributed by atoms with Crippen molar-refractivity contribution in [1.29, 1.82) is 0 Å². The number of thioether (sulfide) groups is 1. The molecule has 1 radical (unpaired) electrons. The van der Waals surface area contributed by atoms with E-state index < -0.39 is 0 Å². The summed E-state index contributed by atoms with van der Waals surface area (Å²) in [6.45, 7) is 11.2. The molecule has 0 fully saturated rings. The second kappa shape index (κ2) is 4.66. The summed E-state index contributed by atoms with van der Waals surface area (Å²) < 4.78 is 0. The van der Waals surface area contributed by atoms with Gasteiger partial charge in [0.05, 0.1) is 0 Å². The molecule has 0 saturated heterocycles. The molecule has 1 aromatic rings. The van der Waals surface area contributed by atoms with Gasteiger partial charge in [-0.3, -0.25) is 0 Å². The molecule has 3 rings (SSSR count). The van der Waals surface area contributed by atoms with E-state index in [1.807, 2.05) is 11.8 Å². The van der Waals surface area contributed by atoms with Crippen molar-refractivity contribution in [2.24, 2.45) is 0 Å². The van der Waals surface area contributed by atoms with Gasteiger partial charge in [-0.15, -0.1) is 11.8 Å². The van der Waals surface area contributed by atoms with Gasteiger partial charge in [0.15, 0.2) is 0 Å². The van der Waals surface area contributed by atoms with E-state index in [1.165, 1.54) is 32.8 Å². The highest BCUT2D eigenvalue weighted by molar-refractivity contribution is 8.04. The van der Waals surface area contributed by atoms with Crippen LogP contribution in [0, 0.1) is 6.08 Å². The fourth-order valence-electron chi connectivity index (χ4n) is 2.85. The van der Waals surface area contributed by atoms with E-state index in [-0.39, 0.29) is 5.41 Å². The second-order valence-corrected chi connectivity index (χ2v) is 8.05. The van der Waals surface area contributed by atoms with Crippen molar-refractivity contribution in [3.8, 4) is 0 Å². The van der Waals surface area contributed by atoms with Crippen LogP contribution in [0.25, 0.3) is 5.57 Å². The molecule has 0 saturated carbocycles. The monoisotopic (exact) mass is 281 g/mol. The molecule has 1 heterocycles. The smallest absolute Gasteiger partial charge is 0.0329 e. The first-order valence-electron chi connectivity index (χ1n) is 7.20. The van der Waals surface area contributed by atoms with E-state index in [2.05, 4.69) is 71.0 Å². The average molecular weight is 281 g/mol. The van der Waals surface area contributed by atoms with Crippen LogP contribution in [0.1, 0.15) is 45.7 Å². The standard InChI is InChI=1S/C19H21S/c1-12-10-16-17(11-12)20-13(2)18(16)14-6-8-15(9-7-14)19(3,4)5/h6-10,13H,1-5H3. The highest BCUT2D eigenvalue weighted by Crippen LogP contribution is 2.49. The molecule has 1 unspecified atom stereocenters. The lowest BCUT2D eigenvalue weighted by Crippen LogP contribution is -2.10. The molecule has 0 spiro atoms. The molecule has 0 aromatic heterocycles. The Balaban J connectivity index is 2.03. The number of fused-ring (bicyclic) bond motifs is 1. The molecular formula is C19H21S. The summed E-state index contributed by atoms with van der Waals surface area (Å²) in [4.78, 5) is 1.32. The van der Waals surface area contributed by atoms with E-state index in [4.69, 9.17) is 0 Å². The summed E-state index contributed by atoms with van der Waals surface area (Å²) >= 11 is 1.93. The van der Waals surface area contributed by atoms with Crippen LogP contribution in [-0.2, 0) is 5.41 Å². The van der Waals surface area contributed by atoms with Gasteiger partial charge in [0.1, 0.15) is 0 Å². The maximum atomic E-state index is 3.46. The van der Waals surface area contributed by atoms with E-state index in [1.54, 1.807) is 0 Å². The number of hydrogen-bond acceptors (Lipinski definition) is 1. The van der Waals surface area contributed by atoms with Gasteiger partial charge in [0, 0.05) is 16.2 Å². The zero-order valence-electron chi connectivity index (χ0n) is 12.9. The maximum absolute atomic E-state index is 3.46. The third-order valence-electron chi connectivity index (χ3n) is 3.97. The molecule has 0 amide bonds. The van der Waals surface area contributed by atoms with Crippen LogP contribution < -0.4 is 0 Å². The van der Waals surface area contributed by atoms with Gasteiger partial charge in [-0.25, -0.2) is 0 Å². The van der Waals surface area contributed by atoms with E-state index in [0.717, 1.165) is 0 Å². The lowest BCUT2D eigenvalue weighted by Gasteiger charge is -2.20. The Kier molecular flexibility index (Phi) is 3.21. The molecule has 1 heteroatoms. The number of hydrogen-bond donors (Lipinski definition) is 0. The summed E-state index contributed by atoms with van der Waals surface area (Å²) in [5, 5.41) is 0.525. The molecule has 1 aromatic carbocycles. The van der Waals surface area contributed by atoms with Crippen LogP contribution >= 0.6 is 11.8 Å². The molecule has 0 nitrogen and oxygen atoms in total. The molecular weight excluding hydrogens is 260 g/mol. The van der Waals surface area contributed by atoms with Gasteiger partial charge < -0.3 is 0 Å². The summed E-state index contributed by atoms with van der Waals surface area (Å²) in [6, 6.07) is 9.11. The number of rotatable bonds is 1. The Morgan fingerprint density at radius 1 is 1.10 bits per heavy atom. The normalized spacial score (nSPS) is 21.9. The SMILES string of the molecule is CC1=CC2=C(c3ccc(C(C)(C)C)cc3)C(C)SC2=[C]1. The van der Waals surface area contributed by atoms with Crippen molar-refractivity contribution in [3.63, 3.8) is 0 Å². The zero-order valence-corrected chi connectivity index (χ0v) is 13.7. The van der Waals surface area contributed by atoms with Crippen LogP contribution in [-0.4, -0.2) is 5.25 Å². The van der Waals surface area contributed by atoms with Gasteiger partial charge >= 0.3 is 0 Å². The zero-order chi connectivity index (χ0) is 14.5. The molecule has 1 aliphatic carbocycles. The maximum Gasteiger partial charge on any atom is 0.0329 e. The quantitative estimate of drug-likeness (QED) is 0.653. The number of benzene rings is 1. The minimum atomic E-state index is 0.217. The van der Waals surface area contributed by atoms with Crippen LogP contribution in [0.2, 0.25) is 0 Å². The van der Waals surface area contributed by atoms with E-state index >= 15 is 0 Å². The van der Waals surface area contributed by atoms with Crippen molar-refractivity contribution in [2.75, 3.05) is 0 Å². The third-order valence-corrected chi connectivity index (χ3v) is 5.12. The first-order chi connectivity index (χ1) is 9.36. The van der Waals surface area contributed by atoms with Gasteiger partial charge in [-0.2, -0.15) is 0 Å². The highest BCUT2D eigenvalue weighted by atomic mass is 32.2. The predicted molar refractivity (Wildman–Crippen MR) is 89.6 cm³/mol. The molecule has 103 valence electrons. The molecule has 0 bridgehead atoms. The average Bonchev–Trinajstić information content (AvgIpc) is 2.82. The van der Waals surface area contributed by atoms with Crippen molar-refractivity contribution in [1.82, 2.24) is 0 Å². The number of allylic oxidation sites excluding steroid dienone is 4. The Hall–Kier alpha value is -1.21. The van der Waals surface area contributed by atoms with Crippen LogP contribution in [0.5, 0.6) is 0 Å². The summed E-state index contributed by atoms with van der Waals surface area (Å²) in [5.74, 6) is 0. The Labute approximate surface area is 126 Å². The van der Waals surface area contributed by atoms with Crippen molar-refractivity contribution >= 4 is 17.3 Å². The molecule has 1 aliphatic heterocycles. The van der Waals surface area contributed by atoms with Crippen molar-refractivity contribution < 1.29 is 0 Å². The molecule has 1 atom stereocenters. The summed E-state index contributed by atoms with van der Waals surface area (Å²) in [6.07, 6.45) is 5.74. The van der Waals surface area contributed by atoms with E-state index in [0.29, 0.717) is 5.25 Å². The minimum absolute atomic E-state index is 0.217. The van der Waals surface area contributed by atoms with Crippen LogP contribution in [0.3, 0.4) is 0 Å². The topological polar surface area (TPSA) is 0 Å². The molecule has 20 heavy (non-hydrogen) atoms. The second-order valence-electron chi connectivity index (χ2n) is 6.70. The van der Waals surface area contributed by atoms with Crippen molar-refractivity contribution in [3.05, 3.63) is 63.6 Å². The summed E-state index contributed by atoms with van der Waals surface area (Å²) in [7, 11) is 0. The predicted octanol–water partition coefficient (Wildman–Crippen LogP) is 5.52. The lowest BCUT2D eigenvalue weighted by atomic mass is 9.85. The van der Waals surface area contributed by atoms with Crippen LogP contribution in [0.4, 0.5) is 0 Å². The first kappa shape index (κ1) is 13.8. The summed E-state index contributed by atoms with van der Waals surface area (Å²) in [5.41, 5.74) is 7.08. The van der Waals surface area contributed by atoms with Crippen molar-refractivity contribution in [2.45, 2.75) is 45.3 Å². The molecule has 2 aliphatic rings. The lowest BCUT2D eigenvalue weighted by molar-refractivity contribution is 0.590. The van der Waals surface area contributed by atoms with E-state index in [9.17, 15) is 0 Å². The Morgan fingerprint density at radius 2 is 1.75 bits per heavy atom. The van der Waals surface area contributed by atoms with Crippen LogP contribution in [0.15, 0.2) is 46.4 Å². The minimum Gasteiger partial charge on any atom is -0.117 e. The Morgan fingerprint density at radius 3 is 2.35 bits per heavy atom. The first-order valence-corrected chi connectivity index (χ1v) is 8.08. The third kappa shape index (κ3) is 2.29. The fourth-order valence-corrected chi connectivity index (χ4v) is 4.10. The van der Waals surface area contributed by atoms with Gasteiger partial charge in [0.25, 0.3) is 0 Å². The largest absolute Gasteiger partial charge is 0.117 e. The fraction of sp³-hybridized carbons (Fsp3) is 0.368.